The van der Waals surface area contributed by atoms with E-state index in [9.17, 15) is 0 Å². The molecule has 3 aromatic rings. The van der Waals surface area contributed by atoms with Gasteiger partial charge in [-0.1, -0.05) is 36.4 Å². The summed E-state index contributed by atoms with van der Waals surface area (Å²) in [5.41, 5.74) is 3.83. The number of nitriles is 1. The molecule has 144 valence electrons. The average Bonchev–Trinajstić information content (AvgIpc) is 2.77. The zero-order valence-electron chi connectivity index (χ0n) is 16.2. The van der Waals surface area contributed by atoms with E-state index in [0.717, 1.165) is 45.1 Å². The van der Waals surface area contributed by atoms with Crippen LogP contribution in [0.4, 0.5) is 5.82 Å². The summed E-state index contributed by atoms with van der Waals surface area (Å²) in [4.78, 5) is 9.58. The third-order valence-electron chi connectivity index (χ3n) is 4.79. The minimum atomic E-state index is 0.555. The Balaban J connectivity index is 1.51. The Labute approximate surface area is 170 Å². The average molecular weight is 382 g/mol. The van der Waals surface area contributed by atoms with Gasteiger partial charge in [-0.05, 0) is 36.8 Å². The van der Waals surface area contributed by atoms with Crippen LogP contribution in [0.2, 0.25) is 0 Å². The molecule has 0 spiro atoms. The minimum Gasteiger partial charge on any atom is -0.370 e. The van der Waals surface area contributed by atoms with Gasteiger partial charge in [0.1, 0.15) is 5.82 Å². The van der Waals surface area contributed by atoms with Gasteiger partial charge in [-0.25, -0.2) is 9.97 Å². The molecule has 0 saturated heterocycles. The normalized spacial score (nSPS) is 13.1. The van der Waals surface area contributed by atoms with Gasteiger partial charge in [-0.3, -0.25) is 0 Å². The highest BCUT2D eigenvalue weighted by Gasteiger charge is 2.11. The van der Waals surface area contributed by atoms with Crippen LogP contribution in [0.15, 0.2) is 72.1 Å². The van der Waals surface area contributed by atoms with Gasteiger partial charge in [0.05, 0.1) is 24.0 Å². The number of benzene rings is 2. The van der Waals surface area contributed by atoms with Gasteiger partial charge in [0.2, 0.25) is 0 Å². The van der Waals surface area contributed by atoms with Gasteiger partial charge >= 0.3 is 0 Å². The molecule has 1 aliphatic heterocycles. The van der Waals surface area contributed by atoms with Crippen LogP contribution < -0.4 is 16.0 Å². The van der Waals surface area contributed by atoms with Gasteiger partial charge in [0.25, 0.3) is 0 Å². The van der Waals surface area contributed by atoms with E-state index in [1.165, 1.54) is 0 Å². The smallest absolute Gasteiger partial charge is 0.162 e. The van der Waals surface area contributed by atoms with Crippen molar-refractivity contribution in [3.63, 3.8) is 0 Å². The standard InChI is InChI=1S/C23H22N6/c1-16-6-2-3-7-18(16)23-28-20-9-5-4-8-19(20)22(29-23)26-13-12-25-21-11-10-17(14-24)15-27-21/h2-11,25,27H,12-13,15H2,1H3,(H,26,28,29). The van der Waals surface area contributed by atoms with E-state index < -0.39 is 0 Å². The number of dihydropyridines is 1. The molecule has 0 aliphatic carbocycles. The van der Waals surface area contributed by atoms with Crippen LogP contribution in [0.1, 0.15) is 5.56 Å². The van der Waals surface area contributed by atoms with Crippen molar-refractivity contribution in [2.75, 3.05) is 25.0 Å². The van der Waals surface area contributed by atoms with Crippen molar-refractivity contribution in [1.29, 1.82) is 5.26 Å². The maximum Gasteiger partial charge on any atom is 0.162 e. The summed E-state index contributed by atoms with van der Waals surface area (Å²) >= 11 is 0. The molecule has 0 bridgehead atoms. The molecule has 1 aromatic heterocycles. The van der Waals surface area contributed by atoms with E-state index in [0.29, 0.717) is 19.6 Å². The lowest BCUT2D eigenvalue weighted by molar-refractivity contribution is 0.711. The van der Waals surface area contributed by atoms with Gasteiger partial charge in [-0.2, -0.15) is 5.26 Å². The molecule has 0 atom stereocenters. The fourth-order valence-electron chi connectivity index (χ4n) is 3.22. The number of nitrogens with one attached hydrogen (secondary N) is 3. The lowest BCUT2D eigenvalue weighted by Crippen LogP contribution is -2.32. The second-order valence-corrected chi connectivity index (χ2v) is 6.82. The highest BCUT2D eigenvalue weighted by Crippen LogP contribution is 2.26. The van der Waals surface area contributed by atoms with Crippen LogP contribution >= 0.6 is 0 Å². The molecule has 0 radical (unpaired) electrons. The van der Waals surface area contributed by atoms with Crippen LogP contribution in [-0.2, 0) is 0 Å². The number of nitrogens with zero attached hydrogens (tertiary/aromatic N) is 3. The van der Waals surface area contributed by atoms with Gasteiger partial charge in [0.15, 0.2) is 5.82 Å². The summed E-state index contributed by atoms with van der Waals surface area (Å²) in [6.07, 6.45) is 3.72. The highest BCUT2D eigenvalue weighted by atomic mass is 15.1. The minimum absolute atomic E-state index is 0.555. The SMILES string of the molecule is Cc1ccccc1-c1nc(NCCNC2=CC=C(C#N)CN2)c2ccccc2n1. The number of hydrogen-bond acceptors (Lipinski definition) is 6. The molecule has 1 aliphatic rings. The van der Waals surface area contributed by atoms with Gasteiger partial charge < -0.3 is 16.0 Å². The van der Waals surface area contributed by atoms with E-state index in [4.69, 9.17) is 15.2 Å². The van der Waals surface area contributed by atoms with Crippen molar-refractivity contribution in [3.05, 3.63) is 77.6 Å². The number of aromatic nitrogens is 2. The first-order valence-corrected chi connectivity index (χ1v) is 9.60. The number of hydrogen-bond donors (Lipinski definition) is 3. The molecular formula is C23H22N6. The highest BCUT2D eigenvalue weighted by molar-refractivity contribution is 5.90. The van der Waals surface area contributed by atoms with E-state index in [1.54, 1.807) is 0 Å². The maximum absolute atomic E-state index is 8.90. The van der Waals surface area contributed by atoms with E-state index >= 15 is 0 Å². The van der Waals surface area contributed by atoms with Crippen molar-refractivity contribution < 1.29 is 0 Å². The Morgan fingerprint density at radius 3 is 2.59 bits per heavy atom. The third kappa shape index (κ3) is 4.19. The zero-order valence-corrected chi connectivity index (χ0v) is 16.2. The van der Waals surface area contributed by atoms with E-state index in [1.807, 2.05) is 48.6 Å². The largest absolute Gasteiger partial charge is 0.370 e. The molecule has 3 N–H and O–H groups in total. The number of fused-ring (bicyclic) bond motifs is 1. The summed E-state index contributed by atoms with van der Waals surface area (Å²) in [5.74, 6) is 2.47. The molecule has 6 nitrogen and oxygen atoms in total. The molecule has 0 saturated carbocycles. The maximum atomic E-state index is 8.90. The Morgan fingerprint density at radius 2 is 1.79 bits per heavy atom. The molecule has 2 heterocycles. The fraction of sp³-hybridized carbons (Fsp3) is 0.174. The number of rotatable bonds is 6. The lowest BCUT2D eigenvalue weighted by Gasteiger charge is -2.17. The topological polar surface area (TPSA) is 85.7 Å². The fourth-order valence-corrected chi connectivity index (χ4v) is 3.22. The lowest BCUT2D eigenvalue weighted by atomic mass is 10.1. The first kappa shape index (κ1) is 18.5. The van der Waals surface area contributed by atoms with Gasteiger partial charge in [0, 0.05) is 29.6 Å². The van der Waals surface area contributed by atoms with Crippen LogP contribution in [0.5, 0.6) is 0 Å². The summed E-state index contributed by atoms with van der Waals surface area (Å²) in [7, 11) is 0. The second kappa shape index (κ2) is 8.44. The van der Waals surface area contributed by atoms with Crippen LogP contribution in [0, 0.1) is 18.3 Å². The Hall–Kier alpha value is -3.85. The Morgan fingerprint density at radius 1 is 1.00 bits per heavy atom. The molecular weight excluding hydrogens is 360 g/mol. The van der Waals surface area contributed by atoms with Gasteiger partial charge in [-0.15, -0.1) is 0 Å². The molecule has 29 heavy (non-hydrogen) atoms. The number of anilines is 1. The zero-order chi connectivity index (χ0) is 20.1. The predicted octanol–water partition coefficient (Wildman–Crippen LogP) is 3.50. The molecule has 0 amide bonds. The van der Waals surface area contributed by atoms with Crippen molar-refractivity contribution in [2.24, 2.45) is 0 Å². The van der Waals surface area contributed by atoms with Crippen LogP contribution in [-0.4, -0.2) is 29.6 Å². The first-order chi connectivity index (χ1) is 14.2. The second-order valence-electron chi connectivity index (χ2n) is 6.82. The van der Waals surface area contributed by atoms with Crippen LogP contribution in [0.25, 0.3) is 22.3 Å². The van der Waals surface area contributed by atoms with Crippen molar-refractivity contribution >= 4 is 16.7 Å². The van der Waals surface area contributed by atoms with Crippen molar-refractivity contribution in [1.82, 2.24) is 20.6 Å². The predicted molar refractivity (Wildman–Crippen MR) is 116 cm³/mol. The summed E-state index contributed by atoms with van der Waals surface area (Å²) < 4.78 is 0. The monoisotopic (exact) mass is 382 g/mol. The summed E-state index contributed by atoms with van der Waals surface area (Å²) in [5, 5.41) is 19.9. The van der Waals surface area contributed by atoms with E-state index in [-0.39, 0.29) is 0 Å². The number of aryl methyl sites for hydroxylation is 1. The third-order valence-corrected chi connectivity index (χ3v) is 4.79. The Bertz CT molecular complexity index is 1140. The number of allylic oxidation sites excluding steroid dienone is 2. The van der Waals surface area contributed by atoms with E-state index in [2.05, 4.69) is 41.1 Å². The molecule has 0 unspecified atom stereocenters. The summed E-state index contributed by atoms with van der Waals surface area (Å²) in [6.45, 7) is 4.04. The summed E-state index contributed by atoms with van der Waals surface area (Å²) in [6, 6.07) is 18.3. The molecule has 4 rings (SSSR count). The molecule has 2 aromatic carbocycles. The Kier molecular flexibility index (Phi) is 5.39. The molecule has 6 heteroatoms. The van der Waals surface area contributed by atoms with Crippen molar-refractivity contribution in [2.45, 2.75) is 6.92 Å². The van der Waals surface area contributed by atoms with Crippen LogP contribution in [0.3, 0.4) is 0 Å². The molecule has 0 fully saturated rings. The quantitative estimate of drug-likeness (QED) is 0.566. The van der Waals surface area contributed by atoms with Crippen molar-refractivity contribution in [3.8, 4) is 17.5 Å². The first-order valence-electron chi connectivity index (χ1n) is 9.60. The number of para-hydroxylation sites is 1.